The summed E-state index contributed by atoms with van der Waals surface area (Å²) < 4.78 is 3.75. The van der Waals surface area contributed by atoms with E-state index in [4.69, 9.17) is 0 Å². The van der Waals surface area contributed by atoms with Crippen molar-refractivity contribution in [3.8, 4) is 11.1 Å². The van der Waals surface area contributed by atoms with E-state index in [1.807, 2.05) is 0 Å². The van der Waals surface area contributed by atoms with E-state index in [1.54, 1.807) is 6.49 Å². The summed E-state index contributed by atoms with van der Waals surface area (Å²) in [5.74, 6) is 0.257. The summed E-state index contributed by atoms with van der Waals surface area (Å²) in [7, 11) is 0. The largest absolute Gasteiger partial charge is 1.00 e. The van der Waals surface area contributed by atoms with Crippen LogP contribution in [0.15, 0.2) is 179 Å². The van der Waals surface area contributed by atoms with Crippen LogP contribution in [0.3, 0.4) is 0 Å². The van der Waals surface area contributed by atoms with Crippen molar-refractivity contribution in [3.63, 3.8) is 0 Å². The fraction of sp³-hybridized carbons (Fsp3) is 0.226. The maximum Gasteiger partial charge on any atom is -1.00 e. The molecule has 0 amide bonds. The molecule has 0 unspecified atom stereocenters. The van der Waals surface area contributed by atoms with Crippen LogP contribution in [0.5, 0.6) is 0 Å². The molecule has 0 spiro atoms. The van der Waals surface area contributed by atoms with E-state index >= 15 is 0 Å². The van der Waals surface area contributed by atoms with E-state index in [0.717, 1.165) is 6.42 Å². The zero-order valence-corrected chi connectivity index (χ0v) is 37.4. The third-order valence-corrected chi connectivity index (χ3v) is 20.1. The van der Waals surface area contributed by atoms with Gasteiger partial charge >= 0.3 is 334 Å². The normalized spacial score (nSPS) is 13.3. The van der Waals surface area contributed by atoms with Gasteiger partial charge in [0.2, 0.25) is 0 Å². The van der Waals surface area contributed by atoms with Crippen LogP contribution in [0.4, 0.5) is 0 Å². The second-order valence-electron chi connectivity index (χ2n) is 17.2. The van der Waals surface area contributed by atoms with Crippen molar-refractivity contribution in [3.05, 3.63) is 224 Å². The summed E-state index contributed by atoms with van der Waals surface area (Å²) in [6.07, 6.45) is 8.32. The topological polar surface area (TPSA) is 0 Å². The third-order valence-electron chi connectivity index (χ3n) is 11.6. The molecule has 0 aliphatic heterocycles. The maximum atomic E-state index is 2.56. The molecule has 0 radical (unpaired) electrons. The van der Waals surface area contributed by atoms with Crippen LogP contribution in [-0.2, 0) is 32.1 Å². The van der Waals surface area contributed by atoms with E-state index in [1.165, 1.54) is 55.6 Å². The maximum absolute atomic E-state index is 3.05. The molecule has 3 heteroatoms. The fourth-order valence-corrected chi connectivity index (χ4v) is 18.9. The minimum absolute atomic E-state index is 0. The van der Waals surface area contributed by atoms with Gasteiger partial charge in [0.1, 0.15) is 0 Å². The molecule has 2 aliphatic rings. The van der Waals surface area contributed by atoms with Crippen LogP contribution < -0.4 is 24.8 Å². The Balaban J connectivity index is 0.00000266. The predicted octanol–water partition coefficient (Wildman–Crippen LogP) is 7.66. The Hall–Kier alpha value is -3.87. The molecule has 0 N–H and O–H groups in total. The SMILES string of the molecule is CC(C)(C)c1ccc2c(c1)-c1cc(C(C)(C)C)ccc1[CH]2[Zr+2]([C]1=CC=CC1)=[C](C(c1ccccc1)c1ccccc1)C(c1ccccc1)c1ccccc1.[Cl-].[Cl-]. The second kappa shape index (κ2) is 17.3. The molecule has 282 valence electrons. The van der Waals surface area contributed by atoms with Crippen molar-refractivity contribution in [1.82, 2.24) is 0 Å². The van der Waals surface area contributed by atoms with Crippen LogP contribution >= 0.6 is 0 Å². The van der Waals surface area contributed by atoms with Gasteiger partial charge in [-0.15, -0.1) is 0 Å². The van der Waals surface area contributed by atoms with Crippen LogP contribution in [0.25, 0.3) is 11.1 Å². The van der Waals surface area contributed by atoms with Crippen LogP contribution in [0.1, 0.15) is 108 Å². The smallest absolute Gasteiger partial charge is 1.00 e. The Bertz CT molecular complexity index is 2130. The van der Waals surface area contributed by atoms with Crippen LogP contribution in [0.2, 0.25) is 0 Å². The van der Waals surface area contributed by atoms with Gasteiger partial charge in [-0.25, -0.2) is 0 Å². The van der Waals surface area contributed by atoms with Crippen molar-refractivity contribution < 1.29 is 46.1 Å². The third kappa shape index (κ3) is 8.25. The summed E-state index contributed by atoms with van der Waals surface area (Å²) >= 11 is -3.05. The number of halogens is 2. The quantitative estimate of drug-likeness (QED) is 0.148. The van der Waals surface area contributed by atoms with E-state index < -0.39 is 21.3 Å². The molecule has 6 aromatic carbocycles. The number of rotatable bonds is 8. The summed E-state index contributed by atoms with van der Waals surface area (Å²) in [6, 6.07) is 60.8. The molecule has 0 atom stereocenters. The molecule has 0 fully saturated rings. The Morgan fingerprint density at radius 3 is 1.16 bits per heavy atom. The first-order valence-electron chi connectivity index (χ1n) is 19.7. The first kappa shape index (κ1) is 41.8. The minimum atomic E-state index is -3.05. The van der Waals surface area contributed by atoms with Gasteiger partial charge in [-0.1, -0.05) is 0 Å². The summed E-state index contributed by atoms with van der Waals surface area (Å²) in [6.45, 7) is 14.1. The van der Waals surface area contributed by atoms with Gasteiger partial charge in [-0.3, -0.25) is 0 Å². The molecule has 0 nitrogen and oxygen atoms in total. The van der Waals surface area contributed by atoms with E-state index in [-0.39, 0.29) is 47.5 Å². The van der Waals surface area contributed by atoms with Crippen molar-refractivity contribution >= 4 is 3.21 Å². The summed E-state index contributed by atoms with van der Waals surface area (Å²) in [5, 5.41) is 0. The Morgan fingerprint density at radius 1 is 0.500 bits per heavy atom. The summed E-state index contributed by atoms with van der Waals surface area (Å²) in [4.78, 5) is 0. The Morgan fingerprint density at radius 2 is 0.857 bits per heavy atom. The standard InChI is InChI=1S/C27H22.C21H25.C5H5.2ClH.Zr/c1-5-13-22(14-6-1)26(23-15-7-2-8-16-23)21-27(24-17-9-3-10-18-24)25-19-11-4-12-20-25;1-20(2,3)16-9-7-14-11-15-8-10-17(21(4,5)6)13-19(15)18(14)12-16;1-2-4-5-3-1;;;/h1-20,26-27H;7-13H,1-6H3;1-3H,4H2;2*1H;/q;;;;;+2/p-2. The number of benzene rings is 6. The Labute approximate surface area is 355 Å². The van der Waals surface area contributed by atoms with Crippen molar-refractivity contribution in [2.75, 3.05) is 0 Å². The van der Waals surface area contributed by atoms with Gasteiger partial charge in [0.15, 0.2) is 0 Å². The molecule has 0 saturated carbocycles. The second-order valence-corrected chi connectivity index (χ2v) is 23.7. The molecule has 0 saturated heterocycles. The number of allylic oxidation sites excluding steroid dienone is 4. The van der Waals surface area contributed by atoms with Gasteiger partial charge in [0.05, 0.1) is 0 Å². The molecular weight excluding hydrogens is 799 g/mol. The molecule has 56 heavy (non-hydrogen) atoms. The molecule has 8 rings (SSSR count). The van der Waals surface area contributed by atoms with Crippen LogP contribution in [0, 0.1) is 0 Å². The molecule has 2 aliphatic carbocycles. The molecule has 6 aromatic rings. The number of hydrogen-bond acceptors (Lipinski definition) is 0. The zero-order chi connectivity index (χ0) is 37.5. The average Bonchev–Trinajstić information content (AvgIpc) is 3.83. The van der Waals surface area contributed by atoms with Gasteiger partial charge in [0.25, 0.3) is 0 Å². The summed E-state index contributed by atoms with van der Waals surface area (Å²) in [5.41, 5.74) is 14.4. The van der Waals surface area contributed by atoms with Crippen LogP contribution in [-0.4, -0.2) is 3.21 Å². The van der Waals surface area contributed by atoms with Crippen molar-refractivity contribution in [1.29, 1.82) is 0 Å². The average molecular weight is 851 g/mol. The van der Waals surface area contributed by atoms with E-state index in [9.17, 15) is 0 Å². The Kier molecular flexibility index (Phi) is 12.9. The monoisotopic (exact) mass is 848 g/mol. The molecule has 0 heterocycles. The van der Waals surface area contributed by atoms with Crippen molar-refractivity contribution in [2.24, 2.45) is 0 Å². The van der Waals surface area contributed by atoms with Gasteiger partial charge in [0, 0.05) is 0 Å². The molecule has 0 bridgehead atoms. The van der Waals surface area contributed by atoms with Gasteiger partial charge < -0.3 is 24.8 Å². The predicted molar refractivity (Wildman–Crippen MR) is 227 cm³/mol. The van der Waals surface area contributed by atoms with Crippen molar-refractivity contribution in [2.45, 2.75) is 74.3 Å². The van der Waals surface area contributed by atoms with Gasteiger partial charge in [-0.2, -0.15) is 0 Å². The minimum Gasteiger partial charge on any atom is -1.00 e. The molecular formula is C53H52Cl2Zr. The fourth-order valence-electron chi connectivity index (χ4n) is 8.84. The first-order chi connectivity index (χ1) is 26.1. The van der Waals surface area contributed by atoms with E-state index in [2.05, 4.69) is 217 Å². The number of hydrogen-bond donors (Lipinski definition) is 0. The zero-order valence-electron chi connectivity index (χ0n) is 33.4. The molecule has 0 aromatic heterocycles. The van der Waals surface area contributed by atoms with E-state index in [0.29, 0.717) is 3.63 Å². The van der Waals surface area contributed by atoms with Gasteiger partial charge in [-0.05, 0) is 0 Å². The first-order valence-corrected chi connectivity index (χ1v) is 23.6. The number of fused-ring (bicyclic) bond motifs is 3.